The van der Waals surface area contributed by atoms with Crippen LogP contribution in [0.1, 0.15) is 25.7 Å². The maximum absolute atomic E-state index is 12.3. The minimum absolute atomic E-state index is 0.0210. The molecule has 1 amide bonds. The Morgan fingerprint density at radius 1 is 1.17 bits per heavy atom. The van der Waals surface area contributed by atoms with Crippen molar-refractivity contribution in [1.29, 1.82) is 0 Å². The van der Waals surface area contributed by atoms with E-state index in [1.165, 1.54) is 0 Å². The number of aromatic nitrogens is 3. The van der Waals surface area contributed by atoms with Crippen LogP contribution in [-0.2, 0) is 4.79 Å². The van der Waals surface area contributed by atoms with Crippen molar-refractivity contribution in [2.24, 2.45) is 5.92 Å². The number of benzene rings is 1. The fraction of sp³-hybridized carbons (Fsp3) is 0.278. The van der Waals surface area contributed by atoms with Gasteiger partial charge in [0.05, 0.1) is 5.69 Å². The van der Waals surface area contributed by atoms with Gasteiger partial charge in [0.15, 0.2) is 5.65 Å². The molecule has 5 nitrogen and oxygen atoms in total. The summed E-state index contributed by atoms with van der Waals surface area (Å²) in [7, 11) is 0. The molecule has 1 saturated carbocycles. The minimum Gasteiger partial charge on any atom is -0.293 e. The topological polar surface area (TPSA) is 59.3 Å². The van der Waals surface area contributed by atoms with Crippen molar-refractivity contribution in [3.63, 3.8) is 0 Å². The van der Waals surface area contributed by atoms with Crippen LogP contribution in [-0.4, -0.2) is 20.5 Å². The molecule has 2 heterocycles. The first-order valence-electron chi connectivity index (χ1n) is 8.13. The molecule has 6 heteroatoms. The van der Waals surface area contributed by atoms with Gasteiger partial charge in [0, 0.05) is 16.5 Å². The van der Waals surface area contributed by atoms with Crippen LogP contribution in [0.5, 0.6) is 0 Å². The van der Waals surface area contributed by atoms with Crippen molar-refractivity contribution in [2.45, 2.75) is 25.7 Å². The van der Waals surface area contributed by atoms with Crippen molar-refractivity contribution in [2.75, 3.05) is 5.32 Å². The number of carbonyl (C=O) groups excluding carboxylic acids is 1. The Labute approximate surface area is 144 Å². The number of nitrogens with zero attached hydrogens (tertiary/aromatic N) is 3. The molecule has 4 rings (SSSR count). The zero-order valence-electron chi connectivity index (χ0n) is 13.1. The number of amides is 1. The molecule has 0 unspecified atom stereocenters. The lowest BCUT2D eigenvalue weighted by atomic mass is 10.1. The van der Waals surface area contributed by atoms with Gasteiger partial charge >= 0.3 is 0 Å². The summed E-state index contributed by atoms with van der Waals surface area (Å²) in [4.78, 5) is 16.7. The van der Waals surface area contributed by atoms with Crippen LogP contribution in [0.25, 0.3) is 16.9 Å². The molecule has 0 radical (unpaired) electrons. The number of halogens is 1. The summed E-state index contributed by atoms with van der Waals surface area (Å²) in [6, 6.07) is 13.3. The van der Waals surface area contributed by atoms with Gasteiger partial charge in [-0.05, 0) is 37.1 Å². The van der Waals surface area contributed by atoms with Crippen molar-refractivity contribution in [3.05, 3.63) is 47.5 Å². The third-order valence-electron chi connectivity index (χ3n) is 4.44. The van der Waals surface area contributed by atoms with Crippen molar-refractivity contribution in [3.8, 4) is 11.3 Å². The van der Waals surface area contributed by atoms with Crippen LogP contribution in [0.15, 0.2) is 42.5 Å². The first-order valence-corrected chi connectivity index (χ1v) is 8.51. The van der Waals surface area contributed by atoms with Crippen LogP contribution < -0.4 is 5.32 Å². The second-order valence-corrected chi connectivity index (χ2v) is 6.53. The van der Waals surface area contributed by atoms with Crippen LogP contribution in [0.4, 0.5) is 5.95 Å². The molecule has 0 aliphatic heterocycles. The molecule has 1 N–H and O–H groups in total. The number of fused-ring (bicyclic) bond motifs is 1. The fourth-order valence-corrected chi connectivity index (χ4v) is 3.42. The van der Waals surface area contributed by atoms with E-state index in [2.05, 4.69) is 15.4 Å². The van der Waals surface area contributed by atoms with Gasteiger partial charge in [0.1, 0.15) is 0 Å². The number of anilines is 1. The second-order valence-electron chi connectivity index (χ2n) is 6.10. The molecule has 1 aliphatic rings. The molecule has 0 bridgehead atoms. The number of hydrogen-bond donors (Lipinski definition) is 1. The zero-order chi connectivity index (χ0) is 16.5. The monoisotopic (exact) mass is 340 g/mol. The fourth-order valence-electron chi connectivity index (χ4n) is 3.22. The standard InChI is InChI=1S/C18H17ClN4O/c19-14-8-3-7-13(11-14)15-9-4-10-16-20-18(22-23(15)16)21-17(24)12-5-1-2-6-12/h3-4,7-12H,1-2,5-6H2,(H,21,22,24). The molecule has 1 aromatic carbocycles. The summed E-state index contributed by atoms with van der Waals surface area (Å²) in [6.07, 6.45) is 4.14. The first-order chi connectivity index (χ1) is 11.7. The highest BCUT2D eigenvalue weighted by Gasteiger charge is 2.23. The summed E-state index contributed by atoms with van der Waals surface area (Å²) >= 11 is 6.09. The van der Waals surface area contributed by atoms with E-state index in [0.717, 1.165) is 36.9 Å². The van der Waals surface area contributed by atoms with E-state index in [4.69, 9.17) is 11.6 Å². The Morgan fingerprint density at radius 3 is 2.75 bits per heavy atom. The zero-order valence-corrected chi connectivity index (χ0v) is 13.8. The average Bonchev–Trinajstić information content (AvgIpc) is 3.23. The number of rotatable bonds is 3. The Hall–Kier alpha value is -2.40. The van der Waals surface area contributed by atoms with Gasteiger partial charge in [-0.3, -0.25) is 10.1 Å². The van der Waals surface area contributed by atoms with Crippen molar-refractivity contribution >= 4 is 29.1 Å². The molecule has 2 aromatic heterocycles. The van der Waals surface area contributed by atoms with Gasteiger partial charge in [0.2, 0.25) is 11.9 Å². The third kappa shape index (κ3) is 2.87. The highest BCUT2D eigenvalue weighted by molar-refractivity contribution is 6.30. The molecule has 1 aliphatic carbocycles. The van der Waals surface area contributed by atoms with Crippen LogP contribution in [0.2, 0.25) is 5.02 Å². The predicted molar refractivity (Wildman–Crippen MR) is 94.0 cm³/mol. The van der Waals surface area contributed by atoms with Crippen LogP contribution in [0.3, 0.4) is 0 Å². The maximum Gasteiger partial charge on any atom is 0.249 e. The lowest BCUT2D eigenvalue weighted by Crippen LogP contribution is -2.21. The number of pyridine rings is 1. The highest BCUT2D eigenvalue weighted by atomic mass is 35.5. The molecule has 24 heavy (non-hydrogen) atoms. The first kappa shape index (κ1) is 15.1. The lowest BCUT2D eigenvalue weighted by molar-refractivity contribution is -0.119. The molecule has 122 valence electrons. The molecular weight excluding hydrogens is 324 g/mol. The molecular formula is C18H17ClN4O. The van der Waals surface area contributed by atoms with E-state index in [1.807, 2.05) is 42.5 Å². The summed E-state index contributed by atoms with van der Waals surface area (Å²) < 4.78 is 1.73. The minimum atomic E-state index is 0.0210. The smallest absolute Gasteiger partial charge is 0.249 e. The number of nitrogens with one attached hydrogen (secondary N) is 1. The summed E-state index contributed by atoms with van der Waals surface area (Å²) in [6.45, 7) is 0. The van der Waals surface area contributed by atoms with Crippen LogP contribution in [0, 0.1) is 5.92 Å². The molecule has 0 saturated heterocycles. The number of carbonyl (C=O) groups is 1. The average molecular weight is 341 g/mol. The van der Waals surface area contributed by atoms with E-state index in [9.17, 15) is 4.79 Å². The van der Waals surface area contributed by atoms with Gasteiger partial charge in [0.25, 0.3) is 0 Å². The van der Waals surface area contributed by atoms with E-state index in [0.29, 0.717) is 16.6 Å². The van der Waals surface area contributed by atoms with Gasteiger partial charge < -0.3 is 0 Å². The van der Waals surface area contributed by atoms with Crippen LogP contribution >= 0.6 is 11.6 Å². The Morgan fingerprint density at radius 2 is 1.96 bits per heavy atom. The van der Waals surface area contributed by atoms with Gasteiger partial charge in [-0.1, -0.05) is 42.6 Å². The number of hydrogen-bond acceptors (Lipinski definition) is 3. The van der Waals surface area contributed by atoms with Gasteiger partial charge in [-0.25, -0.2) is 4.52 Å². The van der Waals surface area contributed by atoms with E-state index >= 15 is 0 Å². The van der Waals surface area contributed by atoms with E-state index in [1.54, 1.807) is 4.52 Å². The quantitative estimate of drug-likeness (QED) is 0.778. The van der Waals surface area contributed by atoms with Gasteiger partial charge in [-0.15, -0.1) is 5.10 Å². The van der Waals surface area contributed by atoms with Gasteiger partial charge in [-0.2, -0.15) is 4.98 Å². The second kappa shape index (κ2) is 6.24. The maximum atomic E-state index is 12.3. The Balaban J connectivity index is 1.68. The normalized spacial score (nSPS) is 15.0. The van der Waals surface area contributed by atoms with E-state index < -0.39 is 0 Å². The third-order valence-corrected chi connectivity index (χ3v) is 4.68. The molecule has 0 atom stereocenters. The van der Waals surface area contributed by atoms with Crippen molar-refractivity contribution in [1.82, 2.24) is 14.6 Å². The lowest BCUT2D eigenvalue weighted by Gasteiger charge is -2.06. The largest absolute Gasteiger partial charge is 0.293 e. The summed E-state index contributed by atoms with van der Waals surface area (Å²) in [5.74, 6) is 0.457. The Kier molecular flexibility index (Phi) is 3.94. The molecule has 1 fully saturated rings. The van der Waals surface area contributed by atoms with Crippen molar-refractivity contribution < 1.29 is 4.79 Å². The highest BCUT2D eigenvalue weighted by Crippen LogP contribution is 2.26. The SMILES string of the molecule is O=C(Nc1nc2cccc(-c3cccc(Cl)c3)n2n1)C1CCCC1. The predicted octanol–water partition coefficient (Wildman–Crippen LogP) is 4.18. The molecule has 0 spiro atoms. The molecule has 3 aromatic rings. The summed E-state index contributed by atoms with van der Waals surface area (Å²) in [5.41, 5.74) is 2.52. The van der Waals surface area contributed by atoms with E-state index in [-0.39, 0.29) is 11.8 Å². The summed E-state index contributed by atoms with van der Waals surface area (Å²) in [5, 5.41) is 7.98. The Bertz CT molecular complexity index is 899.